The molecule has 7 nitrogen and oxygen atoms in total. The zero-order chi connectivity index (χ0) is 25.7. The first-order valence-electron chi connectivity index (χ1n) is 12.6. The Kier molecular flexibility index (Phi) is 5.83. The molecule has 0 unspecified atom stereocenters. The van der Waals surface area contributed by atoms with Crippen molar-refractivity contribution in [3.05, 3.63) is 83.1 Å². The Morgan fingerprint density at radius 1 is 1.11 bits per heavy atom. The fraction of sp³-hybridized carbons (Fsp3) is 0.310. The second-order valence-corrected chi connectivity index (χ2v) is 10.1. The molecular weight excluding hydrogens is 469 g/mol. The number of halogens is 1. The number of hydrogen-bond donors (Lipinski definition) is 0. The molecule has 2 aromatic heterocycles. The molecule has 4 aromatic rings. The number of carbonyl (C=O) groups is 1. The molecule has 1 amide bonds. The van der Waals surface area contributed by atoms with E-state index in [4.69, 9.17) is 14.7 Å². The van der Waals surface area contributed by atoms with Crippen LogP contribution in [0.15, 0.2) is 54.9 Å². The first kappa shape index (κ1) is 23.5. The van der Waals surface area contributed by atoms with Gasteiger partial charge >= 0.3 is 0 Å². The number of amides is 1. The molecule has 4 heterocycles. The second-order valence-electron chi connectivity index (χ2n) is 10.1. The van der Waals surface area contributed by atoms with Gasteiger partial charge in [-0.2, -0.15) is 0 Å². The molecule has 0 atom stereocenters. The van der Waals surface area contributed by atoms with Gasteiger partial charge in [0.2, 0.25) is 5.91 Å². The van der Waals surface area contributed by atoms with Crippen LogP contribution in [-0.4, -0.2) is 38.6 Å². The van der Waals surface area contributed by atoms with E-state index in [0.717, 1.165) is 28.2 Å². The predicted molar refractivity (Wildman–Crippen MR) is 139 cm³/mol. The van der Waals surface area contributed by atoms with Crippen LogP contribution in [0.25, 0.3) is 22.8 Å². The smallest absolute Gasteiger partial charge is 0.233 e. The molecule has 0 N–H and O–H groups in total. The Morgan fingerprint density at radius 3 is 2.59 bits per heavy atom. The van der Waals surface area contributed by atoms with E-state index in [1.165, 1.54) is 6.07 Å². The van der Waals surface area contributed by atoms with Crippen LogP contribution >= 0.6 is 0 Å². The zero-order valence-electron chi connectivity index (χ0n) is 21.1. The van der Waals surface area contributed by atoms with E-state index in [2.05, 4.69) is 15.7 Å². The van der Waals surface area contributed by atoms with E-state index in [9.17, 15) is 9.18 Å². The number of anilines is 1. The van der Waals surface area contributed by atoms with Crippen molar-refractivity contribution in [1.29, 1.82) is 0 Å². The van der Waals surface area contributed by atoms with Crippen molar-refractivity contribution < 1.29 is 13.9 Å². The van der Waals surface area contributed by atoms with Crippen LogP contribution in [-0.2, 0) is 22.5 Å². The number of fused-ring (bicyclic) bond motifs is 1. The van der Waals surface area contributed by atoms with Gasteiger partial charge < -0.3 is 9.30 Å². The van der Waals surface area contributed by atoms with Crippen molar-refractivity contribution in [3.8, 4) is 22.8 Å². The molecule has 0 aliphatic carbocycles. The lowest BCUT2D eigenvalue weighted by Gasteiger charge is -2.28. The van der Waals surface area contributed by atoms with Gasteiger partial charge in [0.25, 0.3) is 0 Å². The molecule has 2 aliphatic heterocycles. The van der Waals surface area contributed by atoms with Crippen molar-refractivity contribution >= 4 is 11.7 Å². The minimum atomic E-state index is -0.273. The Labute approximate surface area is 215 Å². The summed E-state index contributed by atoms with van der Waals surface area (Å²) in [5.74, 6) is 1.62. The summed E-state index contributed by atoms with van der Waals surface area (Å²) in [6.45, 7) is 7.69. The summed E-state index contributed by atoms with van der Waals surface area (Å²) in [5.41, 5.74) is 5.00. The van der Waals surface area contributed by atoms with Gasteiger partial charge in [0, 0.05) is 34.6 Å². The number of rotatable bonds is 6. The van der Waals surface area contributed by atoms with Crippen molar-refractivity contribution in [2.75, 3.05) is 18.1 Å². The summed E-state index contributed by atoms with van der Waals surface area (Å²) in [7, 11) is 0. The summed E-state index contributed by atoms with van der Waals surface area (Å²) in [5, 5.41) is 0. The molecular formula is C29H28FN5O2. The van der Waals surface area contributed by atoms with Crippen LogP contribution in [0, 0.1) is 12.7 Å². The van der Waals surface area contributed by atoms with Crippen molar-refractivity contribution in [1.82, 2.24) is 19.5 Å². The van der Waals surface area contributed by atoms with Gasteiger partial charge in [-0.1, -0.05) is 50.2 Å². The van der Waals surface area contributed by atoms with Gasteiger partial charge in [0.05, 0.1) is 37.9 Å². The molecule has 0 saturated carbocycles. The molecule has 37 heavy (non-hydrogen) atoms. The normalized spacial score (nSPS) is 15.4. The molecule has 8 heteroatoms. The number of carbonyl (C=O) groups excluding carboxylic acids is 1. The monoisotopic (exact) mass is 497 g/mol. The number of aromatic nitrogens is 4. The number of aryl methyl sites for hydroxylation is 1. The maximum absolute atomic E-state index is 14.6. The maximum atomic E-state index is 14.6. The van der Waals surface area contributed by atoms with E-state index in [1.54, 1.807) is 17.2 Å². The van der Waals surface area contributed by atoms with E-state index in [1.807, 2.05) is 51.1 Å². The van der Waals surface area contributed by atoms with Gasteiger partial charge in [0.1, 0.15) is 17.5 Å². The number of benzene rings is 2. The van der Waals surface area contributed by atoms with Gasteiger partial charge in [-0.25, -0.2) is 19.3 Å². The average Bonchev–Trinajstić information content (AvgIpc) is 3.36. The summed E-state index contributed by atoms with van der Waals surface area (Å²) >= 11 is 0. The van der Waals surface area contributed by atoms with Crippen molar-refractivity contribution in [2.45, 2.75) is 45.7 Å². The molecule has 0 spiro atoms. The number of nitrogens with zero attached hydrogens (tertiary/aromatic N) is 5. The summed E-state index contributed by atoms with van der Waals surface area (Å²) in [6.07, 6.45) is 4.02. The number of ether oxygens (including phenoxy) is 1. The molecule has 1 fully saturated rings. The Morgan fingerprint density at radius 2 is 1.89 bits per heavy atom. The quantitative estimate of drug-likeness (QED) is 0.364. The zero-order valence-corrected chi connectivity index (χ0v) is 21.1. The topological polar surface area (TPSA) is 73.1 Å². The Balaban J connectivity index is 1.28. The lowest BCUT2D eigenvalue weighted by atomic mass is 9.96. The summed E-state index contributed by atoms with van der Waals surface area (Å²) in [4.78, 5) is 28.6. The highest BCUT2D eigenvalue weighted by molar-refractivity contribution is 6.00. The van der Waals surface area contributed by atoms with Crippen LogP contribution in [0.1, 0.15) is 48.2 Å². The fourth-order valence-electron chi connectivity index (χ4n) is 5.08. The standard InChI is InChI=1S/C29H28FN5O2/c1-17(2)26-23(5-4-6-24(26)30)27-31-12-21-11-25(36)35(29(21)33-27)14-19-7-9-20(10-8-19)28-32-18(3)13-34(28)22-15-37-16-22/h4-10,12-13,17,22H,11,14-16H2,1-3H3. The SMILES string of the molecule is Cc1cn(C2COC2)c(-c2ccc(CN3C(=O)Cc4cnc(-c5cccc(F)c5C(C)C)nc43)cc2)n1. The Bertz CT molecular complexity index is 1490. The molecule has 2 aromatic carbocycles. The molecule has 0 radical (unpaired) electrons. The number of imidazole rings is 1. The molecule has 2 aliphatic rings. The van der Waals surface area contributed by atoms with E-state index in [0.29, 0.717) is 48.6 Å². The first-order chi connectivity index (χ1) is 17.9. The largest absolute Gasteiger partial charge is 0.377 e. The highest BCUT2D eigenvalue weighted by Crippen LogP contribution is 2.34. The predicted octanol–water partition coefficient (Wildman–Crippen LogP) is 5.24. The molecule has 188 valence electrons. The van der Waals surface area contributed by atoms with Crippen molar-refractivity contribution in [2.24, 2.45) is 0 Å². The van der Waals surface area contributed by atoms with Crippen molar-refractivity contribution in [3.63, 3.8) is 0 Å². The van der Waals surface area contributed by atoms with E-state index < -0.39 is 0 Å². The van der Waals surface area contributed by atoms with Crippen LogP contribution in [0.2, 0.25) is 0 Å². The van der Waals surface area contributed by atoms with Crippen LogP contribution in [0.4, 0.5) is 10.2 Å². The molecule has 0 bridgehead atoms. The Hall–Kier alpha value is -3.91. The summed E-state index contributed by atoms with van der Waals surface area (Å²) < 4.78 is 22.2. The third kappa shape index (κ3) is 4.21. The lowest BCUT2D eigenvalue weighted by molar-refractivity contribution is -0.117. The highest BCUT2D eigenvalue weighted by atomic mass is 19.1. The maximum Gasteiger partial charge on any atom is 0.233 e. The average molecular weight is 498 g/mol. The summed E-state index contributed by atoms with van der Waals surface area (Å²) in [6, 6.07) is 13.4. The highest BCUT2D eigenvalue weighted by Gasteiger charge is 2.30. The minimum absolute atomic E-state index is 0.0231. The third-order valence-corrected chi connectivity index (χ3v) is 7.03. The lowest BCUT2D eigenvalue weighted by Crippen LogP contribution is -2.30. The number of hydrogen-bond acceptors (Lipinski definition) is 5. The molecule has 1 saturated heterocycles. The van der Waals surface area contributed by atoms with Gasteiger partial charge in [-0.05, 0) is 24.5 Å². The second kappa shape index (κ2) is 9.19. The minimum Gasteiger partial charge on any atom is -0.377 e. The van der Waals surface area contributed by atoms with E-state index in [-0.39, 0.29) is 24.1 Å². The van der Waals surface area contributed by atoms with Crippen LogP contribution < -0.4 is 4.90 Å². The van der Waals surface area contributed by atoms with Crippen LogP contribution in [0.3, 0.4) is 0 Å². The van der Waals surface area contributed by atoms with Crippen LogP contribution in [0.5, 0.6) is 0 Å². The molecule has 6 rings (SSSR count). The van der Waals surface area contributed by atoms with Gasteiger partial charge in [-0.3, -0.25) is 9.69 Å². The van der Waals surface area contributed by atoms with Gasteiger partial charge in [0.15, 0.2) is 5.82 Å². The van der Waals surface area contributed by atoms with E-state index >= 15 is 0 Å². The third-order valence-electron chi connectivity index (χ3n) is 7.03. The first-order valence-corrected chi connectivity index (χ1v) is 12.6. The fourth-order valence-corrected chi connectivity index (χ4v) is 5.08. The van der Waals surface area contributed by atoms with Gasteiger partial charge in [-0.15, -0.1) is 0 Å².